The van der Waals surface area contributed by atoms with Crippen molar-refractivity contribution in [3.63, 3.8) is 0 Å². The first kappa shape index (κ1) is 19.4. The maximum Gasteiger partial charge on any atom is 0.340 e. The molecular weight excluding hydrogens is 394 g/mol. The fourth-order valence-corrected chi connectivity index (χ4v) is 5.10. The highest BCUT2D eigenvalue weighted by molar-refractivity contribution is 6.24. The van der Waals surface area contributed by atoms with Crippen molar-refractivity contribution in [2.24, 2.45) is 23.7 Å². The third-order valence-corrected chi connectivity index (χ3v) is 6.55. The molecule has 2 aromatic carbocycles. The minimum Gasteiger partial charge on any atom is -0.451 e. The Labute approximate surface area is 179 Å². The monoisotopic (exact) mass is 415 g/mol. The summed E-state index contributed by atoms with van der Waals surface area (Å²) in [6.07, 6.45) is 3.88. The second-order valence-electron chi connectivity index (χ2n) is 8.31. The van der Waals surface area contributed by atoms with Crippen LogP contribution in [0.4, 0.5) is 5.69 Å². The van der Waals surface area contributed by atoms with Gasteiger partial charge in [0.25, 0.3) is 0 Å². The van der Waals surface area contributed by atoms with Crippen molar-refractivity contribution in [2.45, 2.75) is 19.4 Å². The van der Waals surface area contributed by atoms with E-state index in [1.165, 1.54) is 13.0 Å². The van der Waals surface area contributed by atoms with Crippen LogP contribution < -0.4 is 4.90 Å². The molecule has 6 nitrogen and oxygen atoms in total. The van der Waals surface area contributed by atoms with Crippen molar-refractivity contribution in [2.75, 3.05) is 4.90 Å². The van der Waals surface area contributed by atoms with Gasteiger partial charge < -0.3 is 4.74 Å². The van der Waals surface area contributed by atoms with E-state index in [0.717, 1.165) is 11.3 Å². The van der Waals surface area contributed by atoms with Gasteiger partial charge in [0.15, 0.2) is 6.10 Å². The van der Waals surface area contributed by atoms with E-state index in [4.69, 9.17) is 4.74 Å². The first-order valence-electron chi connectivity index (χ1n) is 10.4. The summed E-state index contributed by atoms with van der Waals surface area (Å²) in [5.74, 6) is -2.14. The summed E-state index contributed by atoms with van der Waals surface area (Å²) in [6.45, 7) is 1.51. The Morgan fingerprint density at radius 2 is 1.48 bits per heavy atom. The summed E-state index contributed by atoms with van der Waals surface area (Å²) in [4.78, 5) is 52.9. The predicted molar refractivity (Wildman–Crippen MR) is 112 cm³/mol. The highest BCUT2D eigenvalue weighted by atomic mass is 16.5. The van der Waals surface area contributed by atoms with E-state index in [0.29, 0.717) is 5.56 Å². The molecule has 2 fully saturated rings. The number of para-hydroxylation sites is 1. The lowest BCUT2D eigenvalue weighted by Gasteiger charge is -2.20. The van der Waals surface area contributed by atoms with E-state index in [1.54, 1.807) is 48.5 Å². The van der Waals surface area contributed by atoms with Crippen LogP contribution in [0.5, 0.6) is 0 Å². The summed E-state index contributed by atoms with van der Waals surface area (Å²) >= 11 is 0. The van der Waals surface area contributed by atoms with Crippen LogP contribution in [0, 0.1) is 23.7 Å². The number of esters is 1. The normalized spacial score (nSPS) is 26.8. The quantitative estimate of drug-likeness (QED) is 0.324. The van der Waals surface area contributed by atoms with Gasteiger partial charge in [-0.1, -0.05) is 54.6 Å². The van der Waals surface area contributed by atoms with Crippen molar-refractivity contribution < 1.29 is 23.9 Å². The predicted octanol–water partition coefficient (Wildman–Crippen LogP) is 3.43. The Bertz CT molecular complexity index is 1090. The van der Waals surface area contributed by atoms with E-state index in [-0.39, 0.29) is 52.5 Å². The number of hydrogen-bond acceptors (Lipinski definition) is 5. The van der Waals surface area contributed by atoms with Crippen molar-refractivity contribution in [3.8, 4) is 0 Å². The molecule has 0 radical (unpaired) electrons. The molecule has 0 unspecified atom stereocenters. The molecule has 1 saturated heterocycles. The van der Waals surface area contributed by atoms with Crippen LogP contribution in [-0.2, 0) is 14.3 Å². The molecule has 2 bridgehead atoms. The van der Waals surface area contributed by atoms with Crippen LogP contribution in [0.25, 0.3) is 0 Å². The van der Waals surface area contributed by atoms with Crippen molar-refractivity contribution in [1.82, 2.24) is 0 Å². The number of amides is 2. The van der Waals surface area contributed by atoms with Gasteiger partial charge in [-0.3, -0.25) is 14.4 Å². The zero-order chi connectivity index (χ0) is 21.7. The third kappa shape index (κ3) is 3.02. The molecule has 156 valence electrons. The largest absolute Gasteiger partial charge is 0.451 e. The molecule has 5 atom stereocenters. The van der Waals surface area contributed by atoms with Gasteiger partial charge in [-0.25, -0.2) is 9.69 Å². The number of carbonyl (C=O) groups excluding carboxylic acids is 4. The second kappa shape index (κ2) is 7.30. The summed E-state index contributed by atoms with van der Waals surface area (Å²) in [5, 5.41) is 0. The number of fused-ring (bicyclic) bond motifs is 5. The smallest absolute Gasteiger partial charge is 0.340 e. The highest BCUT2D eigenvalue weighted by Gasteiger charge is 2.59. The molecule has 1 saturated carbocycles. The lowest BCUT2D eigenvalue weighted by Crippen LogP contribution is -2.34. The molecule has 1 aliphatic heterocycles. The number of imide groups is 1. The number of anilines is 1. The van der Waals surface area contributed by atoms with Crippen molar-refractivity contribution in [1.29, 1.82) is 0 Å². The molecule has 1 heterocycles. The number of benzene rings is 2. The first-order valence-corrected chi connectivity index (χ1v) is 10.4. The van der Waals surface area contributed by atoms with Gasteiger partial charge in [-0.2, -0.15) is 0 Å². The Morgan fingerprint density at radius 3 is 2.13 bits per heavy atom. The lowest BCUT2D eigenvalue weighted by molar-refractivity contribution is -0.123. The van der Waals surface area contributed by atoms with Gasteiger partial charge >= 0.3 is 5.97 Å². The van der Waals surface area contributed by atoms with Gasteiger partial charge in [0, 0.05) is 5.56 Å². The number of ketones is 1. The average molecular weight is 415 g/mol. The van der Waals surface area contributed by atoms with E-state index in [2.05, 4.69) is 0 Å². The van der Waals surface area contributed by atoms with Gasteiger partial charge in [0.1, 0.15) is 0 Å². The molecule has 0 N–H and O–H groups in total. The maximum absolute atomic E-state index is 13.1. The van der Waals surface area contributed by atoms with Crippen LogP contribution in [-0.4, -0.2) is 29.7 Å². The molecule has 5 rings (SSSR count). The van der Waals surface area contributed by atoms with Crippen molar-refractivity contribution >= 4 is 29.3 Å². The Balaban J connectivity index is 1.40. The highest BCUT2D eigenvalue weighted by Crippen LogP contribution is 2.53. The van der Waals surface area contributed by atoms with Crippen molar-refractivity contribution in [3.05, 3.63) is 77.9 Å². The maximum atomic E-state index is 13.1. The Kier molecular flexibility index (Phi) is 4.58. The average Bonchev–Trinajstić information content (AvgIpc) is 3.47. The zero-order valence-corrected chi connectivity index (χ0v) is 16.9. The van der Waals surface area contributed by atoms with Crippen LogP contribution >= 0.6 is 0 Å². The van der Waals surface area contributed by atoms with Crippen LogP contribution in [0.15, 0.2) is 66.7 Å². The van der Waals surface area contributed by atoms with E-state index < -0.39 is 12.1 Å². The van der Waals surface area contributed by atoms with E-state index in [9.17, 15) is 19.2 Å². The number of allylic oxidation sites excluding steroid dienone is 2. The molecule has 0 aromatic heterocycles. The lowest BCUT2D eigenvalue weighted by atomic mass is 9.85. The van der Waals surface area contributed by atoms with Crippen LogP contribution in [0.2, 0.25) is 0 Å². The molecule has 31 heavy (non-hydrogen) atoms. The third-order valence-electron chi connectivity index (χ3n) is 6.55. The van der Waals surface area contributed by atoms with E-state index >= 15 is 0 Å². The van der Waals surface area contributed by atoms with E-state index in [1.807, 2.05) is 12.2 Å². The molecule has 6 heteroatoms. The fraction of sp³-hybridized carbons (Fsp3) is 0.280. The number of Topliss-reactive ketones (excluding diaryl/α,β-unsaturated/α-hetero) is 1. The number of nitrogens with zero attached hydrogens (tertiary/aromatic N) is 1. The van der Waals surface area contributed by atoms with Gasteiger partial charge in [0.2, 0.25) is 17.6 Å². The minimum atomic E-state index is -1.01. The topological polar surface area (TPSA) is 80.8 Å². The van der Waals surface area contributed by atoms with Gasteiger partial charge in [-0.15, -0.1) is 0 Å². The Hall–Kier alpha value is -3.54. The second-order valence-corrected chi connectivity index (χ2v) is 8.31. The molecule has 3 aliphatic rings. The number of rotatable bonds is 5. The molecule has 2 amide bonds. The SMILES string of the molecule is C[C@H](OC(=O)c1ccccc1N1C(=O)[C@H]2[C@H](C1=O)[C@H]1C=C[C@H]2C1)C(=O)c1ccccc1. The van der Waals surface area contributed by atoms with Crippen LogP contribution in [0.1, 0.15) is 34.1 Å². The minimum absolute atomic E-state index is 0.0825. The molecule has 0 spiro atoms. The van der Waals surface area contributed by atoms with Crippen LogP contribution in [0.3, 0.4) is 0 Å². The number of ether oxygens (including phenoxy) is 1. The fourth-order valence-electron chi connectivity index (χ4n) is 5.10. The summed E-state index contributed by atoms with van der Waals surface area (Å²) in [6, 6.07) is 15.0. The summed E-state index contributed by atoms with van der Waals surface area (Å²) in [5.41, 5.74) is 0.754. The summed E-state index contributed by atoms with van der Waals surface area (Å²) in [7, 11) is 0. The molecule has 2 aliphatic carbocycles. The Morgan fingerprint density at radius 1 is 0.903 bits per heavy atom. The molecular formula is C25H21NO5. The number of carbonyl (C=O) groups is 4. The van der Waals surface area contributed by atoms with Gasteiger partial charge in [-0.05, 0) is 37.3 Å². The summed E-state index contributed by atoms with van der Waals surface area (Å²) < 4.78 is 5.42. The first-order chi connectivity index (χ1) is 15.0. The standard InChI is InChI=1S/C25H21NO5/c1-14(22(27)15-7-3-2-4-8-15)31-25(30)18-9-5-6-10-19(18)26-23(28)20-16-11-12-17(13-16)21(20)24(26)29/h2-12,14,16-17,20-21H,13H2,1H3/t14-,16-,17-,20+,21+/m0/s1. The zero-order valence-electron chi connectivity index (χ0n) is 16.9. The molecule has 2 aromatic rings. The number of hydrogen-bond donors (Lipinski definition) is 0. The van der Waals surface area contributed by atoms with Gasteiger partial charge in [0.05, 0.1) is 23.1 Å².